The van der Waals surface area contributed by atoms with E-state index in [9.17, 15) is 10.1 Å². The van der Waals surface area contributed by atoms with E-state index in [1.807, 2.05) is 54.0 Å². The number of carbonyl (C=O) groups is 1. The summed E-state index contributed by atoms with van der Waals surface area (Å²) in [5, 5.41) is 18.6. The SMILES string of the molecule is C/C(N)=C(/C#N)C(=O)CSc1nnc(-c2ccc(C(C)(C)C)cc2)n1-c1ccccc1C. The first-order valence-corrected chi connectivity index (χ1v) is 11.3. The highest BCUT2D eigenvalue weighted by Gasteiger charge is 2.21. The maximum absolute atomic E-state index is 12.5. The fraction of sp³-hybridized carbons (Fsp3) is 0.280. The molecule has 0 amide bonds. The second-order valence-electron chi connectivity index (χ2n) is 8.64. The number of Topliss-reactive ketones (excluding diaryl/α,β-unsaturated/α-hetero) is 1. The Morgan fingerprint density at radius 1 is 1.12 bits per heavy atom. The molecule has 0 saturated heterocycles. The number of nitrogens with two attached hydrogens (primary N) is 1. The van der Waals surface area contributed by atoms with Gasteiger partial charge in [0.15, 0.2) is 16.8 Å². The first-order chi connectivity index (χ1) is 15.1. The summed E-state index contributed by atoms with van der Waals surface area (Å²) in [5.41, 5.74) is 10.1. The number of nitrogens with zero attached hydrogens (tertiary/aromatic N) is 4. The summed E-state index contributed by atoms with van der Waals surface area (Å²) in [4.78, 5) is 12.5. The smallest absolute Gasteiger partial charge is 0.196 e. The van der Waals surface area contributed by atoms with Crippen molar-refractivity contribution in [3.63, 3.8) is 0 Å². The van der Waals surface area contributed by atoms with Crippen LogP contribution in [-0.4, -0.2) is 26.3 Å². The van der Waals surface area contributed by atoms with Crippen LogP contribution >= 0.6 is 11.8 Å². The number of rotatable bonds is 6. The van der Waals surface area contributed by atoms with Gasteiger partial charge in [-0.15, -0.1) is 10.2 Å². The van der Waals surface area contributed by atoms with Crippen LogP contribution in [0.5, 0.6) is 0 Å². The Morgan fingerprint density at radius 2 is 1.78 bits per heavy atom. The van der Waals surface area contributed by atoms with Gasteiger partial charge in [-0.2, -0.15) is 5.26 Å². The molecule has 3 rings (SSSR count). The van der Waals surface area contributed by atoms with Gasteiger partial charge in [0.25, 0.3) is 0 Å². The molecule has 0 spiro atoms. The number of benzene rings is 2. The third-order valence-electron chi connectivity index (χ3n) is 5.12. The van der Waals surface area contributed by atoms with Gasteiger partial charge < -0.3 is 5.73 Å². The summed E-state index contributed by atoms with van der Waals surface area (Å²) in [7, 11) is 0. The molecule has 1 heterocycles. The van der Waals surface area contributed by atoms with Gasteiger partial charge in [0.2, 0.25) is 0 Å². The summed E-state index contributed by atoms with van der Waals surface area (Å²) in [6.45, 7) is 10.1. The Balaban J connectivity index is 2.04. The van der Waals surface area contributed by atoms with Crippen LogP contribution in [0, 0.1) is 18.3 Å². The number of hydrogen-bond acceptors (Lipinski definition) is 6. The van der Waals surface area contributed by atoms with Gasteiger partial charge in [0.1, 0.15) is 11.6 Å². The van der Waals surface area contributed by atoms with Crippen molar-refractivity contribution < 1.29 is 4.79 Å². The molecule has 0 aliphatic rings. The predicted molar refractivity (Wildman–Crippen MR) is 128 cm³/mol. The molecule has 32 heavy (non-hydrogen) atoms. The number of carbonyl (C=O) groups excluding carboxylic acids is 1. The zero-order valence-corrected chi connectivity index (χ0v) is 19.8. The molecule has 7 heteroatoms. The normalized spacial score (nSPS) is 12.2. The molecule has 0 radical (unpaired) electrons. The van der Waals surface area contributed by atoms with Crippen LogP contribution in [0.15, 0.2) is 65.0 Å². The van der Waals surface area contributed by atoms with Gasteiger partial charge in [-0.3, -0.25) is 9.36 Å². The number of para-hydroxylation sites is 1. The predicted octanol–water partition coefficient (Wildman–Crippen LogP) is 4.96. The monoisotopic (exact) mass is 445 g/mol. The number of aryl methyl sites for hydroxylation is 1. The maximum Gasteiger partial charge on any atom is 0.196 e. The van der Waals surface area contributed by atoms with Crippen molar-refractivity contribution >= 4 is 17.5 Å². The van der Waals surface area contributed by atoms with Crippen molar-refractivity contribution in [3.8, 4) is 23.1 Å². The van der Waals surface area contributed by atoms with Crippen molar-refractivity contribution in [2.45, 2.75) is 45.2 Å². The second-order valence-corrected chi connectivity index (χ2v) is 9.58. The lowest BCUT2D eigenvalue weighted by Crippen LogP contribution is -2.11. The van der Waals surface area contributed by atoms with Crippen LogP contribution in [0.4, 0.5) is 0 Å². The molecule has 2 N–H and O–H groups in total. The number of ketones is 1. The molecule has 6 nitrogen and oxygen atoms in total. The van der Waals surface area contributed by atoms with Crippen LogP contribution in [0.3, 0.4) is 0 Å². The van der Waals surface area contributed by atoms with Gasteiger partial charge >= 0.3 is 0 Å². The standard InChI is InChI=1S/C25H27N5OS/c1-16-8-6-7-9-21(16)30-23(18-10-12-19(13-11-18)25(3,4)5)28-29-24(30)32-15-22(31)20(14-26)17(2)27/h6-13H,15,27H2,1-5H3/b20-17+. The Hall–Kier alpha value is -3.37. The molecule has 2 aromatic carbocycles. The third kappa shape index (κ3) is 4.92. The highest BCUT2D eigenvalue weighted by atomic mass is 32.2. The van der Waals surface area contributed by atoms with E-state index in [1.165, 1.54) is 17.3 Å². The molecule has 164 valence electrons. The molecule has 3 aromatic rings. The molecule has 0 unspecified atom stereocenters. The van der Waals surface area contributed by atoms with E-state index in [2.05, 4.69) is 43.1 Å². The van der Waals surface area contributed by atoms with Gasteiger partial charge in [-0.05, 0) is 36.5 Å². The molecule has 0 atom stereocenters. The summed E-state index contributed by atoms with van der Waals surface area (Å²) in [6.07, 6.45) is 0. The second kappa shape index (κ2) is 9.41. The van der Waals surface area contributed by atoms with E-state index in [0.717, 1.165) is 16.8 Å². The Morgan fingerprint density at radius 3 is 2.34 bits per heavy atom. The van der Waals surface area contributed by atoms with E-state index >= 15 is 0 Å². The van der Waals surface area contributed by atoms with Crippen molar-refractivity contribution in [1.29, 1.82) is 5.26 Å². The van der Waals surface area contributed by atoms with Gasteiger partial charge in [-0.1, -0.05) is 75.0 Å². The number of hydrogen-bond donors (Lipinski definition) is 1. The first-order valence-electron chi connectivity index (χ1n) is 10.3. The van der Waals surface area contributed by atoms with E-state index in [-0.39, 0.29) is 28.2 Å². The third-order valence-corrected chi connectivity index (χ3v) is 6.05. The largest absolute Gasteiger partial charge is 0.401 e. The van der Waals surface area contributed by atoms with Crippen molar-refractivity contribution in [3.05, 3.63) is 70.9 Å². The minimum atomic E-state index is -0.326. The Bertz CT molecular complexity index is 1210. The molecule has 0 saturated carbocycles. The van der Waals surface area contributed by atoms with Crippen LogP contribution in [0.2, 0.25) is 0 Å². The molecular weight excluding hydrogens is 418 g/mol. The minimum absolute atomic E-state index is 0.0163. The van der Waals surface area contributed by atoms with Crippen molar-refractivity contribution in [2.24, 2.45) is 5.73 Å². The van der Waals surface area contributed by atoms with E-state index in [4.69, 9.17) is 5.73 Å². The van der Waals surface area contributed by atoms with Crippen LogP contribution in [-0.2, 0) is 10.2 Å². The van der Waals surface area contributed by atoms with Gasteiger partial charge in [0, 0.05) is 11.3 Å². The average molecular weight is 446 g/mol. The summed E-state index contributed by atoms with van der Waals surface area (Å²) >= 11 is 1.24. The maximum atomic E-state index is 12.5. The van der Waals surface area contributed by atoms with Gasteiger partial charge in [0.05, 0.1) is 11.4 Å². The van der Waals surface area contributed by atoms with E-state index in [1.54, 1.807) is 6.92 Å². The topological polar surface area (TPSA) is 97.6 Å². The number of thioether (sulfide) groups is 1. The molecular formula is C25H27N5OS. The van der Waals surface area contributed by atoms with Crippen LogP contribution in [0.25, 0.3) is 17.1 Å². The van der Waals surface area contributed by atoms with Crippen molar-refractivity contribution in [1.82, 2.24) is 14.8 Å². The highest BCUT2D eigenvalue weighted by molar-refractivity contribution is 7.99. The zero-order valence-electron chi connectivity index (χ0n) is 19.0. The Labute approximate surface area is 193 Å². The summed E-state index contributed by atoms with van der Waals surface area (Å²) in [5.74, 6) is 0.415. The molecule has 0 aliphatic carbocycles. The molecule has 0 bridgehead atoms. The lowest BCUT2D eigenvalue weighted by atomic mass is 9.87. The van der Waals surface area contributed by atoms with E-state index < -0.39 is 0 Å². The van der Waals surface area contributed by atoms with E-state index in [0.29, 0.717) is 11.0 Å². The number of aromatic nitrogens is 3. The summed E-state index contributed by atoms with van der Waals surface area (Å²) in [6, 6.07) is 18.2. The average Bonchev–Trinajstić information content (AvgIpc) is 3.16. The molecule has 1 aromatic heterocycles. The zero-order chi connectivity index (χ0) is 23.5. The number of nitriles is 1. The van der Waals surface area contributed by atoms with Crippen LogP contribution in [0.1, 0.15) is 38.8 Å². The first kappa shape index (κ1) is 23.3. The number of allylic oxidation sites excluding steroid dienone is 2. The fourth-order valence-electron chi connectivity index (χ4n) is 3.27. The highest BCUT2D eigenvalue weighted by Crippen LogP contribution is 2.31. The Kier molecular flexibility index (Phi) is 6.85. The van der Waals surface area contributed by atoms with Gasteiger partial charge in [-0.25, -0.2) is 0 Å². The summed E-state index contributed by atoms with van der Waals surface area (Å²) < 4.78 is 1.96. The lowest BCUT2D eigenvalue weighted by Gasteiger charge is -2.19. The molecule has 0 fully saturated rings. The van der Waals surface area contributed by atoms with Crippen LogP contribution < -0.4 is 5.73 Å². The fourth-order valence-corrected chi connectivity index (χ4v) is 4.09. The quantitative estimate of drug-likeness (QED) is 0.327. The lowest BCUT2D eigenvalue weighted by molar-refractivity contribution is -0.112. The van der Waals surface area contributed by atoms with Crippen molar-refractivity contribution in [2.75, 3.05) is 5.75 Å². The minimum Gasteiger partial charge on any atom is -0.401 e. The molecule has 0 aliphatic heterocycles.